The maximum absolute atomic E-state index is 10.3. The van der Waals surface area contributed by atoms with Crippen molar-refractivity contribution in [2.24, 2.45) is 5.92 Å². The van der Waals surface area contributed by atoms with Gasteiger partial charge in [-0.05, 0) is 30.9 Å². The number of hydrogen-bond donors (Lipinski definition) is 0. The van der Waals surface area contributed by atoms with E-state index >= 15 is 0 Å². The van der Waals surface area contributed by atoms with Crippen molar-refractivity contribution in [2.75, 3.05) is 19.6 Å². The zero-order valence-corrected chi connectivity index (χ0v) is 7.75. The van der Waals surface area contributed by atoms with Crippen LogP contribution in [0.15, 0.2) is 12.2 Å². The van der Waals surface area contributed by atoms with Crippen molar-refractivity contribution in [2.45, 2.75) is 19.8 Å². The van der Waals surface area contributed by atoms with Gasteiger partial charge in [0.05, 0.1) is 0 Å². The number of likely N-dealkylation sites (tertiary alicyclic amines) is 1. The van der Waals surface area contributed by atoms with E-state index in [2.05, 4.69) is 18.4 Å². The summed E-state index contributed by atoms with van der Waals surface area (Å²) in [5.74, 6) is 0.776. The summed E-state index contributed by atoms with van der Waals surface area (Å²) in [5.41, 5.74) is 0.698. The Morgan fingerprint density at radius 2 is 2.50 bits per heavy atom. The Balaban J connectivity index is 2.31. The van der Waals surface area contributed by atoms with Gasteiger partial charge in [0.2, 0.25) is 0 Å². The zero-order chi connectivity index (χ0) is 8.97. The van der Waals surface area contributed by atoms with E-state index in [9.17, 15) is 4.79 Å². The Hall–Kier alpha value is -0.630. The van der Waals surface area contributed by atoms with E-state index in [-0.39, 0.29) is 0 Å². The first kappa shape index (κ1) is 9.46. The van der Waals surface area contributed by atoms with Crippen molar-refractivity contribution >= 4 is 6.29 Å². The minimum Gasteiger partial charge on any atom is -0.299 e. The van der Waals surface area contributed by atoms with E-state index in [1.165, 1.54) is 12.8 Å². The Morgan fingerprint density at radius 3 is 3.08 bits per heavy atom. The second-order valence-electron chi connectivity index (χ2n) is 3.76. The molecule has 1 atom stereocenters. The van der Waals surface area contributed by atoms with Gasteiger partial charge >= 0.3 is 0 Å². The Kier molecular flexibility index (Phi) is 3.48. The van der Waals surface area contributed by atoms with E-state index in [4.69, 9.17) is 0 Å². The summed E-state index contributed by atoms with van der Waals surface area (Å²) in [6, 6.07) is 0. The lowest BCUT2D eigenvalue weighted by molar-refractivity contribution is -0.105. The molecule has 1 saturated heterocycles. The third-order valence-corrected chi connectivity index (χ3v) is 2.33. The maximum atomic E-state index is 10.3. The molecule has 2 heteroatoms. The van der Waals surface area contributed by atoms with Crippen LogP contribution in [0, 0.1) is 5.92 Å². The van der Waals surface area contributed by atoms with Gasteiger partial charge in [-0.2, -0.15) is 0 Å². The van der Waals surface area contributed by atoms with E-state index in [1.807, 2.05) is 0 Å². The molecule has 1 fully saturated rings. The van der Waals surface area contributed by atoms with E-state index in [0.29, 0.717) is 5.57 Å². The highest BCUT2D eigenvalue weighted by atomic mass is 16.1. The zero-order valence-electron chi connectivity index (χ0n) is 7.75. The Morgan fingerprint density at radius 1 is 1.75 bits per heavy atom. The highest BCUT2D eigenvalue weighted by Crippen LogP contribution is 2.15. The summed E-state index contributed by atoms with van der Waals surface area (Å²) in [4.78, 5) is 12.6. The van der Waals surface area contributed by atoms with E-state index in [1.54, 1.807) is 0 Å². The van der Waals surface area contributed by atoms with Crippen LogP contribution in [0.25, 0.3) is 0 Å². The van der Waals surface area contributed by atoms with Crippen LogP contribution >= 0.6 is 0 Å². The molecule has 0 bridgehead atoms. The molecule has 0 aromatic carbocycles. The van der Waals surface area contributed by atoms with Crippen molar-refractivity contribution in [3.8, 4) is 0 Å². The molecule has 1 aliphatic heterocycles. The fourth-order valence-corrected chi connectivity index (χ4v) is 1.75. The first-order valence-electron chi connectivity index (χ1n) is 4.57. The molecule has 1 heterocycles. The van der Waals surface area contributed by atoms with Gasteiger partial charge in [0.15, 0.2) is 0 Å². The molecule has 1 rings (SSSR count). The number of nitrogens with zero attached hydrogens (tertiary/aromatic N) is 1. The van der Waals surface area contributed by atoms with Crippen LogP contribution in [-0.2, 0) is 4.79 Å². The number of aldehydes is 1. The minimum atomic E-state index is 0.698. The standard InChI is InChI=1S/C10H17NO/c1-9-4-3-5-11(6-9)7-10(2)8-12/h8-9H,2-7H2,1H3. The van der Waals surface area contributed by atoms with Crippen molar-refractivity contribution in [1.29, 1.82) is 0 Å². The predicted octanol–water partition coefficient (Wildman–Crippen LogP) is 1.47. The topological polar surface area (TPSA) is 20.3 Å². The van der Waals surface area contributed by atoms with Gasteiger partial charge < -0.3 is 0 Å². The third kappa shape index (κ3) is 2.78. The monoisotopic (exact) mass is 167 g/mol. The first-order chi connectivity index (χ1) is 5.72. The first-order valence-corrected chi connectivity index (χ1v) is 4.57. The molecular weight excluding hydrogens is 150 g/mol. The van der Waals surface area contributed by atoms with Crippen LogP contribution in [0.3, 0.4) is 0 Å². The van der Waals surface area contributed by atoms with E-state index < -0.39 is 0 Å². The molecule has 0 amide bonds. The lowest BCUT2D eigenvalue weighted by Gasteiger charge is -2.30. The minimum absolute atomic E-state index is 0.698. The van der Waals surface area contributed by atoms with Crippen LogP contribution < -0.4 is 0 Å². The Bertz CT molecular complexity index is 177. The van der Waals surface area contributed by atoms with Gasteiger partial charge in [-0.15, -0.1) is 0 Å². The number of hydrogen-bond acceptors (Lipinski definition) is 2. The molecule has 0 radical (unpaired) electrons. The molecule has 0 aromatic rings. The smallest absolute Gasteiger partial charge is 0.146 e. The summed E-state index contributed by atoms with van der Waals surface area (Å²) < 4.78 is 0. The Labute approximate surface area is 74.2 Å². The summed E-state index contributed by atoms with van der Waals surface area (Å²) in [6.07, 6.45) is 3.44. The third-order valence-electron chi connectivity index (χ3n) is 2.33. The van der Waals surface area contributed by atoms with Gasteiger partial charge in [-0.3, -0.25) is 9.69 Å². The summed E-state index contributed by atoms with van der Waals surface area (Å²) >= 11 is 0. The summed E-state index contributed by atoms with van der Waals surface area (Å²) in [6.45, 7) is 8.94. The van der Waals surface area contributed by atoms with E-state index in [0.717, 1.165) is 31.8 Å². The molecule has 0 N–H and O–H groups in total. The van der Waals surface area contributed by atoms with Gasteiger partial charge in [0.1, 0.15) is 6.29 Å². The number of piperidine rings is 1. The van der Waals surface area contributed by atoms with Gasteiger partial charge in [-0.25, -0.2) is 0 Å². The van der Waals surface area contributed by atoms with Crippen molar-refractivity contribution in [3.05, 3.63) is 12.2 Å². The fraction of sp³-hybridized carbons (Fsp3) is 0.700. The maximum Gasteiger partial charge on any atom is 0.146 e. The van der Waals surface area contributed by atoms with Crippen molar-refractivity contribution in [1.82, 2.24) is 4.90 Å². The highest BCUT2D eigenvalue weighted by Gasteiger charge is 2.15. The highest BCUT2D eigenvalue weighted by molar-refractivity contribution is 5.72. The fourth-order valence-electron chi connectivity index (χ4n) is 1.75. The molecule has 68 valence electrons. The number of carbonyl (C=O) groups is 1. The quantitative estimate of drug-likeness (QED) is 0.468. The van der Waals surface area contributed by atoms with Crippen molar-refractivity contribution < 1.29 is 4.79 Å². The van der Waals surface area contributed by atoms with Gasteiger partial charge in [-0.1, -0.05) is 13.5 Å². The second-order valence-corrected chi connectivity index (χ2v) is 3.76. The number of rotatable bonds is 3. The molecule has 0 aliphatic carbocycles. The molecule has 0 saturated carbocycles. The van der Waals surface area contributed by atoms with Crippen LogP contribution in [-0.4, -0.2) is 30.8 Å². The lowest BCUT2D eigenvalue weighted by atomic mass is 10.00. The largest absolute Gasteiger partial charge is 0.299 e. The summed E-state index contributed by atoms with van der Waals surface area (Å²) in [5, 5.41) is 0. The van der Waals surface area contributed by atoms with Gasteiger partial charge in [0.25, 0.3) is 0 Å². The average Bonchev–Trinajstić information content (AvgIpc) is 2.04. The molecule has 1 aliphatic rings. The molecule has 0 spiro atoms. The molecular formula is C10H17NO. The van der Waals surface area contributed by atoms with Crippen LogP contribution in [0.5, 0.6) is 0 Å². The number of carbonyl (C=O) groups excluding carboxylic acids is 1. The van der Waals surface area contributed by atoms with Crippen LogP contribution in [0.2, 0.25) is 0 Å². The molecule has 2 nitrogen and oxygen atoms in total. The second kappa shape index (κ2) is 4.41. The SMILES string of the molecule is C=C(C=O)CN1CCCC(C)C1. The molecule has 1 unspecified atom stereocenters. The van der Waals surface area contributed by atoms with Crippen LogP contribution in [0.1, 0.15) is 19.8 Å². The summed E-state index contributed by atoms with van der Waals surface area (Å²) in [7, 11) is 0. The predicted molar refractivity (Wildman–Crippen MR) is 50.0 cm³/mol. The van der Waals surface area contributed by atoms with Crippen molar-refractivity contribution in [3.63, 3.8) is 0 Å². The van der Waals surface area contributed by atoms with Gasteiger partial charge in [0, 0.05) is 13.1 Å². The van der Waals surface area contributed by atoms with Crippen LogP contribution in [0.4, 0.5) is 0 Å². The molecule has 0 aromatic heterocycles. The normalized spacial score (nSPS) is 25.2. The lowest BCUT2D eigenvalue weighted by Crippen LogP contribution is -2.35. The average molecular weight is 167 g/mol. The molecule has 12 heavy (non-hydrogen) atoms.